The summed E-state index contributed by atoms with van der Waals surface area (Å²) in [5, 5.41) is 7.30. The molecule has 0 spiro atoms. The summed E-state index contributed by atoms with van der Waals surface area (Å²) in [4.78, 5) is 90.0. The van der Waals surface area contributed by atoms with E-state index in [1.165, 1.54) is 0 Å². The lowest BCUT2D eigenvalue weighted by molar-refractivity contribution is -0.193. The smallest absolute Gasteiger partial charge is 0.373 e. The highest BCUT2D eigenvalue weighted by Gasteiger charge is 2.33. The molecule has 5 aliphatic rings. The van der Waals surface area contributed by atoms with Crippen molar-refractivity contribution in [3.63, 3.8) is 0 Å². The summed E-state index contributed by atoms with van der Waals surface area (Å²) in [7, 11) is 16.0. The molecule has 436 valence electrons. The predicted octanol–water partition coefficient (Wildman–Crippen LogP) is 8.78. The van der Waals surface area contributed by atoms with E-state index < -0.39 is 17.8 Å². The molecule has 3 aliphatic heterocycles. The number of terminal acetylenes is 2. The predicted molar refractivity (Wildman–Crippen MR) is 329 cm³/mol. The third-order valence-corrected chi connectivity index (χ3v) is 11.9. The zero-order chi connectivity index (χ0) is 57.2. The fourth-order valence-electron chi connectivity index (χ4n) is 8.06. The van der Waals surface area contributed by atoms with Crippen molar-refractivity contribution in [1.82, 2.24) is 19.5 Å². The van der Waals surface area contributed by atoms with Gasteiger partial charge in [-0.25, -0.2) is 13.9 Å². The van der Waals surface area contributed by atoms with Crippen molar-refractivity contribution in [1.29, 1.82) is 0 Å². The summed E-state index contributed by atoms with van der Waals surface area (Å²) in [5.74, 6) is 4.23. The zero-order valence-electron chi connectivity index (χ0n) is 44.3. The lowest BCUT2D eigenvalue weighted by atomic mass is 9.93. The highest BCUT2D eigenvalue weighted by Crippen LogP contribution is 2.42. The van der Waals surface area contributed by atoms with Crippen molar-refractivity contribution >= 4 is 69.3 Å². The van der Waals surface area contributed by atoms with Crippen LogP contribution in [0, 0.1) is 24.7 Å². The largest absolute Gasteiger partial charge is 0.456 e. The molecule has 0 radical (unpaired) electrons. The maximum absolute atomic E-state index is 12.6. The second-order valence-electron chi connectivity index (χ2n) is 17.8. The Balaban J connectivity index is 0.00000133. The van der Waals surface area contributed by atoms with E-state index in [9.17, 15) is 19.2 Å². The van der Waals surface area contributed by atoms with Gasteiger partial charge < -0.3 is 34.5 Å². The number of nitrogens with zero attached hydrogens (tertiary/aromatic N) is 5. The van der Waals surface area contributed by atoms with E-state index in [0.29, 0.717) is 17.2 Å². The number of hydroxylamine groups is 2. The molecule has 1 saturated heterocycles. The van der Waals surface area contributed by atoms with Gasteiger partial charge in [-0.05, 0) is 71.8 Å². The number of anilines is 2. The molecule has 2 aliphatic carbocycles. The molecule has 3 amide bonds. The molecule has 3 heterocycles. The molecule has 3 N–H and O–H groups in total. The molecular weight excluding hydrogens is 1050 g/mol. The Morgan fingerprint density at radius 2 is 0.964 bits per heavy atom. The van der Waals surface area contributed by atoms with E-state index in [-0.39, 0.29) is 80.3 Å². The normalized spacial score (nSPS) is 10.4. The first-order valence-corrected chi connectivity index (χ1v) is 23.9. The Morgan fingerprint density at radius 3 is 1.30 bits per heavy atom. The van der Waals surface area contributed by atoms with Crippen molar-refractivity contribution < 1.29 is 52.0 Å². The highest BCUT2D eigenvalue weighted by molar-refractivity contribution is 6.06. The van der Waals surface area contributed by atoms with Crippen molar-refractivity contribution in [2.24, 2.45) is 5.73 Å². The van der Waals surface area contributed by atoms with Gasteiger partial charge in [-0.2, -0.15) is 19.2 Å². The van der Waals surface area contributed by atoms with E-state index in [4.69, 9.17) is 45.0 Å². The van der Waals surface area contributed by atoms with Gasteiger partial charge in [-0.15, -0.1) is 17.9 Å². The Labute approximate surface area is 486 Å². The van der Waals surface area contributed by atoms with Crippen molar-refractivity contribution in [3.05, 3.63) is 143 Å². The van der Waals surface area contributed by atoms with E-state index in [1.807, 2.05) is 139 Å². The molecule has 0 saturated carbocycles. The highest BCUT2D eigenvalue weighted by atomic mass is 16.7. The molecule has 4 aromatic rings. The van der Waals surface area contributed by atoms with Gasteiger partial charge in [0.15, 0.2) is 0 Å². The van der Waals surface area contributed by atoms with Crippen molar-refractivity contribution in [3.8, 4) is 69.6 Å². The van der Waals surface area contributed by atoms with E-state index in [1.54, 1.807) is 12.1 Å². The number of hydrogen-bond donors (Lipinski definition) is 2. The van der Waals surface area contributed by atoms with Crippen LogP contribution in [0.5, 0.6) is 0 Å². The second kappa shape index (κ2) is 34.0. The number of fused-ring (bicyclic) bond motifs is 4. The van der Waals surface area contributed by atoms with Gasteiger partial charge in [0.25, 0.3) is 17.7 Å². The number of nitrogens with two attached hydrogens (primary N) is 1. The van der Waals surface area contributed by atoms with Gasteiger partial charge in [0.05, 0.1) is 30.8 Å². The lowest BCUT2D eigenvalue weighted by Gasteiger charge is -2.18. The molecular formula is C65H77N7O11+2. The number of imide groups is 1. The van der Waals surface area contributed by atoms with Crippen LogP contribution >= 0.6 is 0 Å². The molecule has 83 heavy (non-hydrogen) atoms. The first-order chi connectivity index (χ1) is 37.4. The third kappa shape index (κ3) is 17.9. The molecule has 18 heteroatoms. The summed E-state index contributed by atoms with van der Waals surface area (Å²) in [6.45, 7) is 0.554. The van der Waals surface area contributed by atoms with Crippen LogP contribution in [0.2, 0.25) is 0 Å². The Bertz CT molecular complexity index is 3720. The molecule has 0 unspecified atom stereocenters. The number of rotatable bonds is 8. The SMILES string of the molecule is C.C.C.C.C.C#CCN.C#CCNC(=O)c1ccc(-c2c3ccc(=[N+](C)C)cc-3oc3cc(N(C)C)ccc23)cc1.CN(C)c1ccc2c(-c3ccc(C(=O)ON4C(=O)CCC4=O)cc3)c3ccc(=[N+](C)C)cc-3oc2c1.O=C=O.O=C=O. The summed E-state index contributed by atoms with van der Waals surface area (Å²) < 4.78 is 16.8. The Kier molecular flexibility index (Phi) is 29.8. The summed E-state index contributed by atoms with van der Waals surface area (Å²) in [6, 6.07) is 39.2. The topological polar surface area (TPSA) is 226 Å². The van der Waals surface area contributed by atoms with Gasteiger partial charge >= 0.3 is 18.3 Å². The number of carbonyl (C=O) groups is 4. The van der Waals surface area contributed by atoms with E-state index >= 15 is 0 Å². The standard InChI is InChI=1S/C28H26N3O5.C27H25N3O2.C3H5N.2CO2.5CH4/c1-29(2)19-9-11-21-23(15-19)35-24-16-20(30(3)4)10-12-22(24)27(21)17-5-7-18(8-6-17)28(34)36-31-25(32)13-14-26(31)33;1-6-15-28-27(31)19-9-7-18(8-10-19)26-22-13-11-20(29(2)3)16-24(22)32-25-17-21(30(4)5)12-14-23(25)26;1-2-3-4;2*2-1-3;;;;;/h5-12,15-16H,13-14H2,1-4H3;1,7-14,16-17H,15H2,2-5H3;1H,3-4H2;;;5*1H4/q+1;;;;;;;;;/p+1. The molecule has 9 rings (SSSR count). The summed E-state index contributed by atoms with van der Waals surface area (Å²) >= 11 is 0. The van der Waals surface area contributed by atoms with E-state index in [0.717, 1.165) is 88.9 Å². The van der Waals surface area contributed by atoms with Crippen molar-refractivity contribution in [2.45, 2.75) is 50.0 Å². The average Bonchev–Trinajstić information content (AvgIpc) is 3.26. The van der Waals surface area contributed by atoms with Crippen LogP contribution in [0.25, 0.3) is 66.8 Å². The van der Waals surface area contributed by atoms with Crippen molar-refractivity contribution in [2.75, 3.05) is 79.3 Å². The second-order valence-corrected chi connectivity index (χ2v) is 17.8. The Hall–Kier alpha value is -10.2. The monoisotopic (exact) mass is 1130 g/mol. The van der Waals surface area contributed by atoms with Gasteiger partial charge in [0, 0.05) is 115 Å². The van der Waals surface area contributed by atoms with Gasteiger partial charge in [0.1, 0.15) is 50.9 Å². The quantitative estimate of drug-likeness (QED) is 0.0628. The summed E-state index contributed by atoms with van der Waals surface area (Å²) in [6.07, 6.45) is 10.5. The first-order valence-electron chi connectivity index (χ1n) is 23.9. The lowest BCUT2D eigenvalue weighted by Crippen LogP contribution is -2.32. The first kappa shape index (κ1) is 72.8. The van der Waals surface area contributed by atoms with Gasteiger partial charge in [0.2, 0.25) is 10.7 Å². The zero-order valence-corrected chi connectivity index (χ0v) is 44.3. The third-order valence-electron chi connectivity index (χ3n) is 11.9. The fraction of sp³-hybridized carbons (Fsp3) is 0.262. The Morgan fingerprint density at radius 1 is 0.590 bits per heavy atom. The number of amides is 3. The minimum atomic E-state index is -0.755. The fourth-order valence-corrected chi connectivity index (χ4v) is 8.06. The molecule has 1 fully saturated rings. The van der Waals surface area contributed by atoms with Gasteiger partial charge in [-0.1, -0.05) is 73.2 Å². The van der Waals surface area contributed by atoms with Crippen LogP contribution < -0.4 is 40.7 Å². The van der Waals surface area contributed by atoms with E-state index in [2.05, 4.69) is 69.5 Å². The van der Waals surface area contributed by atoms with Crippen LogP contribution in [0.4, 0.5) is 11.4 Å². The molecule has 0 aromatic heterocycles. The number of carbonyl (C=O) groups excluding carboxylic acids is 8. The minimum Gasteiger partial charge on any atom is -0.456 e. The molecule has 0 atom stereocenters. The van der Waals surface area contributed by atoms with Gasteiger partial charge in [-0.3, -0.25) is 14.4 Å². The number of hydrogen-bond acceptors (Lipinski definition) is 14. The molecule has 0 bridgehead atoms. The van der Waals surface area contributed by atoms with Crippen LogP contribution in [-0.4, -0.2) is 111 Å². The maximum atomic E-state index is 12.6. The number of nitrogens with one attached hydrogen (secondary N) is 1. The maximum Gasteiger partial charge on any atom is 0.373 e. The number of benzene rings is 6. The van der Waals surface area contributed by atoms with Crippen LogP contribution in [0.3, 0.4) is 0 Å². The summed E-state index contributed by atoms with van der Waals surface area (Å²) in [5.41, 5.74) is 15.2. The minimum absolute atomic E-state index is 0. The molecule has 4 aromatic carbocycles. The molecule has 18 nitrogen and oxygen atoms in total. The van der Waals surface area contributed by atoms with Crippen LogP contribution in [-0.2, 0) is 33.6 Å². The van der Waals surface area contributed by atoms with Crippen LogP contribution in [0.1, 0.15) is 70.7 Å². The van der Waals surface area contributed by atoms with Crippen LogP contribution in [0.15, 0.2) is 130 Å². The average molecular weight is 1130 g/mol.